The Kier molecular flexibility index (Phi) is 5.56. The average molecular weight is 462 g/mol. The number of nitrogens with zero attached hydrogens (tertiary/aromatic N) is 5. The number of amides is 1. The number of aromatic nitrogens is 3. The van der Waals surface area contributed by atoms with Crippen LogP contribution in [0.3, 0.4) is 0 Å². The Labute approximate surface area is 187 Å². The van der Waals surface area contributed by atoms with E-state index < -0.39 is 10.0 Å². The van der Waals surface area contributed by atoms with Crippen LogP contribution in [0.1, 0.15) is 42.1 Å². The van der Waals surface area contributed by atoms with Gasteiger partial charge < -0.3 is 9.47 Å². The maximum atomic E-state index is 13.1. The molecule has 1 saturated carbocycles. The van der Waals surface area contributed by atoms with E-state index in [4.69, 9.17) is 0 Å². The second kappa shape index (κ2) is 8.22. The van der Waals surface area contributed by atoms with Gasteiger partial charge in [0.05, 0.1) is 10.6 Å². The minimum atomic E-state index is -3.52. The van der Waals surface area contributed by atoms with Crippen molar-refractivity contribution >= 4 is 27.7 Å². The van der Waals surface area contributed by atoms with E-state index in [2.05, 4.69) is 10.2 Å². The number of carbonyl (C=O) groups is 1. The fraction of sp³-hybridized carbons (Fsp3) is 0.571. The summed E-state index contributed by atoms with van der Waals surface area (Å²) in [5.41, 5.74) is 2.42. The van der Waals surface area contributed by atoms with Crippen LogP contribution in [0.15, 0.2) is 28.3 Å². The number of piperazine rings is 1. The summed E-state index contributed by atoms with van der Waals surface area (Å²) in [7, 11) is -1.58. The summed E-state index contributed by atoms with van der Waals surface area (Å²) in [6.07, 6.45) is 5.40. The first-order chi connectivity index (χ1) is 14.9. The molecular weight excluding hydrogens is 434 g/mol. The predicted octanol–water partition coefficient (Wildman–Crippen LogP) is 1.81. The number of hydrogen-bond acceptors (Lipinski definition) is 6. The van der Waals surface area contributed by atoms with Crippen LogP contribution in [0.25, 0.3) is 0 Å². The third kappa shape index (κ3) is 4.12. The summed E-state index contributed by atoms with van der Waals surface area (Å²) in [6.45, 7) is 1.47. The summed E-state index contributed by atoms with van der Waals surface area (Å²) in [5, 5.41) is 9.22. The first-order valence-corrected chi connectivity index (χ1v) is 13.3. The second-order valence-corrected chi connectivity index (χ2v) is 11.4. The van der Waals surface area contributed by atoms with Gasteiger partial charge in [0.15, 0.2) is 5.16 Å². The molecule has 0 unspecified atom stereocenters. The van der Waals surface area contributed by atoms with Crippen molar-refractivity contribution in [1.29, 1.82) is 0 Å². The summed E-state index contributed by atoms with van der Waals surface area (Å²) in [4.78, 5) is 14.8. The fourth-order valence-corrected chi connectivity index (χ4v) is 6.70. The van der Waals surface area contributed by atoms with E-state index in [0.29, 0.717) is 37.0 Å². The van der Waals surface area contributed by atoms with Gasteiger partial charge in [-0.05, 0) is 55.4 Å². The lowest BCUT2D eigenvalue weighted by molar-refractivity contribution is -0.129. The molecule has 1 aromatic heterocycles. The van der Waals surface area contributed by atoms with Crippen molar-refractivity contribution < 1.29 is 13.2 Å². The van der Waals surface area contributed by atoms with E-state index in [1.807, 2.05) is 23.7 Å². The number of sulfonamides is 1. The largest absolute Gasteiger partial charge is 0.339 e. The van der Waals surface area contributed by atoms with E-state index in [1.54, 1.807) is 11.0 Å². The molecule has 2 heterocycles. The van der Waals surface area contributed by atoms with Gasteiger partial charge in [-0.25, -0.2) is 8.42 Å². The third-order valence-corrected chi connectivity index (χ3v) is 9.33. The molecule has 0 atom stereocenters. The molecule has 1 aromatic carbocycles. The molecule has 1 aliphatic heterocycles. The minimum Gasteiger partial charge on any atom is -0.339 e. The topological polar surface area (TPSA) is 88.4 Å². The highest BCUT2D eigenvalue weighted by Gasteiger charge is 2.32. The Bertz CT molecular complexity index is 1100. The van der Waals surface area contributed by atoms with Crippen molar-refractivity contribution in [1.82, 2.24) is 24.0 Å². The van der Waals surface area contributed by atoms with E-state index in [9.17, 15) is 13.2 Å². The smallest absolute Gasteiger partial charge is 0.243 e. The Hall–Kier alpha value is -1.91. The van der Waals surface area contributed by atoms with Crippen LogP contribution in [0.4, 0.5) is 0 Å². The summed E-state index contributed by atoms with van der Waals surface area (Å²) >= 11 is 1.40. The van der Waals surface area contributed by atoms with Crippen molar-refractivity contribution in [2.45, 2.75) is 48.1 Å². The fourth-order valence-electron chi connectivity index (χ4n) is 4.40. The molecule has 1 saturated heterocycles. The normalized spacial score (nSPS) is 19.6. The molecule has 0 spiro atoms. The molecule has 10 heteroatoms. The first-order valence-electron chi connectivity index (χ1n) is 10.9. The first kappa shape index (κ1) is 21.0. The molecule has 5 rings (SSSR count). The molecule has 31 heavy (non-hydrogen) atoms. The molecule has 8 nitrogen and oxygen atoms in total. The number of thioether (sulfide) groups is 1. The highest BCUT2D eigenvalue weighted by molar-refractivity contribution is 7.99. The molecule has 2 fully saturated rings. The van der Waals surface area contributed by atoms with Crippen LogP contribution in [-0.4, -0.2) is 70.2 Å². The third-order valence-electron chi connectivity index (χ3n) is 6.43. The standard InChI is InChI=1S/C21H27N5O3S2/c1-24-20(16-5-6-16)22-23-21(24)30-14-19(27)25-9-11-26(12-10-25)31(28,29)18-8-7-15-3-2-4-17(15)13-18/h7-8,13,16H,2-6,9-12,14H2,1H3. The monoisotopic (exact) mass is 461 g/mol. The number of carbonyl (C=O) groups excluding carboxylic acids is 1. The van der Waals surface area contributed by atoms with Crippen LogP contribution in [0.5, 0.6) is 0 Å². The zero-order valence-corrected chi connectivity index (χ0v) is 19.3. The number of aryl methyl sites for hydroxylation is 2. The van der Waals surface area contributed by atoms with Gasteiger partial charge in [-0.1, -0.05) is 17.8 Å². The molecule has 2 aliphatic carbocycles. The van der Waals surface area contributed by atoms with Crippen molar-refractivity contribution in [2.24, 2.45) is 7.05 Å². The van der Waals surface area contributed by atoms with E-state index in [0.717, 1.165) is 48.6 Å². The van der Waals surface area contributed by atoms with Gasteiger partial charge in [0.1, 0.15) is 5.82 Å². The molecule has 0 bridgehead atoms. The zero-order chi connectivity index (χ0) is 21.6. The summed E-state index contributed by atoms with van der Waals surface area (Å²) < 4.78 is 29.6. The number of rotatable bonds is 6. The lowest BCUT2D eigenvalue weighted by Gasteiger charge is -2.34. The van der Waals surface area contributed by atoms with Gasteiger partial charge in [-0.15, -0.1) is 10.2 Å². The quantitative estimate of drug-likeness (QED) is 0.610. The number of fused-ring (bicyclic) bond motifs is 1. The Balaban J connectivity index is 1.16. The van der Waals surface area contributed by atoms with E-state index in [-0.39, 0.29) is 11.7 Å². The molecule has 166 valence electrons. The van der Waals surface area contributed by atoms with Gasteiger partial charge in [0.25, 0.3) is 0 Å². The van der Waals surface area contributed by atoms with E-state index >= 15 is 0 Å². The Morgan fingerprint density at radius 2 is 1.84 bits per heavy atom. The minimum absolute atomic E-state index is 0.00977. The number of hydrogen-bond donors (Lipinski definition) is 0. The maximum Gasteiger partial charge on any atom is 0.243 e. The molecule has 0 radical (unpaired) electrons. The predicted molar refractivity (Wildman–Crippen MR) is 118 cm³/mol. The van der Waals surface area contributed by atoms with Crippen LogP contribution in [0, 0.1) is 0 Å². The average Bonchev–Trinajstić information content (AvgIpc) is 3.39. The van der Waals surface area contributed by atoms with Gasteiger partial charge >= 0.3 is 0 Å². The van der Waals surface area contributed by atoms with Gasteiger partial charge in [0.2, 0.25) is 15.9 Å². The molecule has 1 amide bonds. The molecular formula is C21H27N5O3S2. The van der Waals surface area contributed by atoms with Crippen LogP contribution >= 0.6 is 11.8 Å². The Morgan fingerprint density at radius 1 is 1.10 bits per heavy atom. The highest BCUT2D eigenvalue weighted by atomic mass is 32.2. The van der Waals surface area contributed by atoms with Crippen molar-refractivity contribution in [3.63, 3.8) is 0 Å². The molecule has 3 aliphatic rings. The van der Waals surface area contributed by atoms with Gasteiger partial charge in [0, 0.05) is 39.1 Å². The van der Waals surface area contributed by atoms with Crippen LogP contribution in [-0.2, 0) is 34.7 Å². The maximum absolute atomic E-state index is 13.1. The van der Waals surface area contributed by atoms with Gasteiger partial charge in [-0.3, -0.25) is 4.79 Å². The lowest BCUT2D eigenvalue weighted by atomic mass is 10.1. The second-order valence-electron chi connectivity index (χ2n) is 8.53. The highest BCUT2D eigenvalue weighted by Crippen LogP contribution is 2.39. The SMILES string of the molecule is Cn1c(SCC(=O)N2CCN(S(=O)(=O)c3ccc4c(c3)CCC4)CC2)nnc1C1CC1. The summed E-state index contributed by atoms with van der Waals surface area (Å²) in [6, 6.07) is 5.51. The Morgan fingerprint density at radius 3 is 2.58 bits per heavy atom. The van der Waals surface area contributed by atoms with E-state index in [1.165, 1.54) is 21.6 Å². The van der Waals surface area contributed by atoms with Crippen LogP contribution in [0.2, 0.25) is 0 Å². The summed E-state index contributed by atoms with van der Waals surface area (Å²) in [5.74, 6) is 1.81. The van der Waals surface area contributed by atoms with Crippen molar-refractivity contribution in [2.75, 3.05) is 31.9 Å². The van der Waals surface area contributed by atoms with Gasteiger partial charge in [-0.2, -0.15) is 4.31 Å². The lowest BCUT2D eigenvalue weighted by Crippen LogP contribution is -2.51. The molecule has 0 N–H and O–H groups in total. The zero-order valence-electron chi connectivity index (χ0n) is 17.7. The van der Waals surface area contributed by atoms with Crippen molar-refractivity contribution in [3.05, 3.63) is 35.2 Å². The molecule has 2 aromatic rings. The number of benzene rings is 1. The van der Waals surface area contributed by atoms with Crippen LogP contribution < -0.4 is 0 Å². The van der Waals surface area contributed by atoms with Crippen molar-refractivity contribution in [3.8, 4) is 0 Å².